The third-order valence-corrected chi connectivity index (χ3v) is 2.90. The molecule has 0 saturated heterocycles. The first-order chi connectivity index (χ1) is 8.99. The van der Waals surface area contributed by atoms with Gasteiger partial charge in [0.1, 0.15) is 0 Å². The van der Waals surface area contributed by atoms with E-state index in [4.69, 9.17) is 0 Å². The Morgan fingerprint density at radius 2 is 2.00 bits per heavy atom. The monoisotopic (exact) mass is 257 g/mol. The minimum absolute atomic E-state index is 0.0355. The van der Waals surface area contributed by atoms with E-state index in [1.807, 2.05) is 58.2 Å². The second-order valence-electron chi connectivity index (χ2n) is 5.09. The normalized spacial score (nSPS) is 10.8. The second-order valence-corrected chi connectivity index (χ2v) is 5.09. The molecule has 0 aliphatic rings. The number of hydrogen-bond donors (Lipinski definition) is 1. The standard InChI is InChI=1S/C15H19N3O/c1-10(2)16-17-13-6-5-12-7-8-18(11(3)4)15(19)14(12)9-13/h5-9,11,17H,1-4H3. The molecule has 0 fully saturated rings. The van der Waals surface area contributed by atoms with Gasteiger partial charge in [0.15, 0.2) is 0 Å². The van der Waals surface area contributed by atoms with Gasteiger partial charge in [-0.1, -0.05) is 6.07 Å². The highest BCUT2D eigenvalue weighted by Crippen LogP contribution is 2.17. The van der Waals surface area contributed by atoms with Gasteiger partial charge in [0.05, 0.1) is 5.69 Å². The molecule has 19 heavy (non-hydrogen) atoms. The fraction of sp³-hybridized carbons (Fsp3) is 0.333. The Morgan fingerprint density at radius 3 is 2.63 bits per heavy atom. The molecule has 2 aromatic rings. The fourth-order valence-corrected chi connectivity index (χ4v) is 1.91. The lowest BCUT2D eigenvalue weighted by molar-refractivity contribution is 0.583. The molecule has 100 valence electrons. The predicted octanol–water partition coefficient (Wildman–Crippen LogP) is 3.39. The number of nitrogens with zero attached hydrogens (tertiary/aromatic N) is 2. The Bertz CT molecular complexity index is 679. The third-order valence-electron chi connectivity index (χ3n) is 2.90. The van der Waals surface area contributed by atoms with Gasteiger partial charge in [0.2, 0.25) is 0 Å². The van der Waals surface area contributed by atoms with Gasteiger partial charge in [-0.05, 0) is 51.3 Å². The van der Waals surface area contributed by atoms with E-state index in [0.29, 0.717) is 5.39 Å². The summed E-state index contributed by atoms with van der Waals surface area (Å²) in [5.74, 6) is 0. The van der Waals surface area contributed by atoms with Gasteiger partial charge in [0.25, 0.3) is 5.56 Å². The highest BCUT2D eigenvalue weighted by atomic mass is 16.1. The van der Waals surface area contributed by atoms with Gasteiger partial charge >= 0.3 is 0 Å². The second kappa shape index (κ2) is 5.26. The van der Waals surface area contributed by atoms with Crippen LogP contribution in [0.25, 0.3) is 10.8 Å². The van der Waals surface area contributed by atoms with E-state index in [1.165, 1.54) is 0 Å². The van der Waals surface area contributed by atoms with Crippen LogP contribution in [0.2, 0.25) is 0 Å². The molecule has 0 amide bonds. The molecule has 1 N–H and O–H groups in total. The molecule has 0 spiro atoms. The van der Waals surface area contributed by atoms with Crippen molar-refractivity contribution in [1.29, 1.82) is 0 Å². The van der Waals surface area contributed by atoms with Crippen molar-refractivity contribution in [1.82, 2.24) is 4.57 Å². The lowest BCUT2D eigenvalue weighted by atomic mass is 10.1. The van der Waals surface area contributed by atoms with Crippen molar-refractivity contribution in [2.45, 2.75) is 33.7 Å². The number of pyridine rings is 1. The maximum atomic E-state index is 12.4. The number of aromatic nitrogens is 1. The SMILES string of the molecule is CC(C)=NNc1ccc2ccn(C(C)C)c(=O)c2c1. The van der Waals surface area contributed by atoms with Crippen molar-refractivity contribution in [3.8, 4) is 0 Å². The highest BCUT2D eigenvalue weighted by molar-refractivity contribution is 5.85. The lowest BCUT2D eigenvalue weighted by Crippen LogP contribution is -2.21. The van der Waals surface area contributed by atoms with Gasteiger partial charge in [-0.3, -0.25) is 10.2 Å². The molecule has 0 aliphatic heterocycles. The Morgan fingerprint density at radius 1 is 1.26 bits per heavy atom. The van der Waals surface area contributed by atoms with Gasteiger partial charge in [-0.25, -0.2) is 0 Å². The Labute approximate surface area is 112 Å². The third kappa shape index (κ3) is 2.84. The van der Waals surface area contributed by atoms with E-state index in [2.05, 4.69) is 10.5 Å². The summed E-state index contributed by atoms with van der Waals surface area (Å²) in [6.07, 6.45) is 1.84. The maximum absolute atomic E-state index is 12.4. The van der Waals surface area contributed by atoms with Crippen molar-refractivity contribution in [3.63, 3.8) is 0 Å². The summed E-state index contributed by atoms with van der Waals surface area (Å²) in [6, 6.07) is 7.83. The van der Waals surface area contributed by atoms with Crippen LogP contribution in [0.3, 0.4) is 0 Å². The zero-order valence-electron chi connectivity index (χ0n) is 11.8. The topological polar surface area (TPSA) is 46.4 Å². The van der Waals surface area contributed by atoms with E-state index in [9.17, 15) is 4.79 Å². The predicted molar refractivity (Wildman–Crippen MR) is 81.0 cm³/mol. The number of hydrazone groups is 1. The molecular weight excluding hydrogens is 238 g/mol. The molecule has 1 heterocycles. The van der Waals surface area contributed by atoms with E-state index in [1.54, 1.807) is 4.57 Å². The summed E-state index contributed by atoms with van der Waals surface area (Å²) >= 11 is 0. The van der Waals surface area contributed by atoms with Crippen LogP contribution < -0.4 is 11.0 Å². The molecule has 2 rings (SSSR count). The Kier molecular flexibility index (Phi) is 3.69. The minimum atomic E-state index is 0.0355. The van der Waals surface area contributed by atoms with Crippen LogP contribution in [0.4, 0.5) is 5.69 Å². The molecule has 1 aromatic carbocycles. The van der Waals surface area contributed by atoms with Gasteiger partial charge in [-0.15, -0.1) is 0 Å². The molecule has 1 aromatic heterocycles. The van der Waals surface area contributed by atoms with Crippen LogP contribution in [-0.2, 0) is 0 Å². The first-order valence-corrected chi connectivity index (χ1v) is 6.41. The van der Waals surface area contributed by atoms with Crippen molar-refractivity contribution in [2.75, 3.05) is 5.43 Å². The number of benzene rings is 1. The van der Waals surface area contributed by atoms with Crippen LogP contribution in [0, 0.1) is 0 Å². The summed E-state index contributed by atoms with van der Waals surface area (Å²) in [7, 11) is 0. The number of rotatable bonds is 3. The van der Waals surface area contributed by atoms with Crippen LogP contribution in [0.5, 0.6) is 0 Å². The smallest absolute Gasteiger partial charge is 0.258 e. The zero-order valence-corrected chi connectivity index (χ0v) is 11.8. The van der Waals surface area contributed by atoms with E-state index >= 15 is 0 Å². The fourth-order valence-electron chi connectivity index (χ4n) is 1.91. The van der Waals surface area contributed by atoms with Crippen LogP contribution in [-0.4, -0.2) is 10.3 Å². The van der Waals surface area contributed by atoms with Crippen molar-refractivity contribution in [3.05, 3.63) is 40.8 Å². The number of nitrogens with one attached hydrogen (secondary N) is 1. The average Bonchev–Trinajstić information content (AvgIpc) is 2.36. The summed E-state index contributed by atoms with van der Waals surface area (Å²) < 4.78 is 1.74. The van der Waals surface area contributed by atoms with Crippen molar-refractivity contribution < 1.29 is 0 Å². The zero-order chi connectivity index (χ0) is 14.0. The van der Waals surface area contributed by atoms with Crippen molar-refractivity contribution >= 4 is 22.2 Å². The molecular formula is C15H19N3O. The summed E-state index contributed by atoms with van der Waals surface area (Å²) in [5, 5.41) is 5.81. The minimum Gasteiger partial charge on any atom is -0.312 e. The van der Waals surface area contributed by atoms with Crippen LogP contribution in [0.1, 0.15) is 33.7 Å². The van der Waals surface area contributed by atoms with E-state index in [0.717, 1.165) is 16.8 Å². The highest BCUT2D eigenvalue weighted by Gasteiger charge is 2.06. The van der Waals surface area contributed by atoms with Gasteiger partial charge < -0.3 is 4.57 Å². The molecule has 0 bridgehead atoms. The first kappa shape index (κ1) is 13.3. The Balaban J connectivity index is 2.54. The van der Waals surface area contributed by atoms with E-state index in [-0.39, 0.29) is 11.6 Å². The lowest BCUT2D eigenvalue weighted by Gasteiger charge is -2.11. The van der Waals surface area contributed by atoms with Crippen molar-refractivity contribution in [2.24, 2.45) is 5.10 Å². The number of fused-ring (bicyclic) bond motifs is 1. The summed E-state index contributed by atoms with van der Waals surface area (Å²) in [5.41, 5.74) is 4.75. The number of hydrogen-bond acceptors (Lipinski definition) is 3. The van der Waals surface area contributed by atoms with Gasteiger partial charge in [-0.2, -0.15) is 5.10 Å². The van der Waals surface area contributed by atoms with Gasteiger partial charge in [0, 0.05) is 23.3 Å². The van der Waals surface area contributed by atoms with Crippen LogP contribution in [0.15, 0.2) is 40.4 Å². The largest absolute Gasteiger partial charge is 0.312 e. The molecule has 0 saturated carbocycles. The van der Waals surface area contributed by atoms with E-state index < -0.39 is 0 Å². The number of anilines is 1. The first-order valence-electron chi connectivity index (χ1n) is 6.41. The maximum Gasteiger partial charge on any atom is 0.258 e. The quantitative estimate of drug-likeness (QED) is 0.676. The molecule has 4 nitrogen and oxygen atoms in total. The summed E-state index contributed by atoms with van der Waals surface area (Å²) in [4.78, 5) is 12.4. The van der Waals surface area contributed by atoms with Crippen LogP contribution >= 0.6 is 0 Å². The molecule has 0 unspecified atom stereocenters. The molecule has 4 heteroatoms. The molecule has 0 atom stereocenters. The summed E-state index contributed by atoms with van der Waals surface area (Å²) in [6.45, 7) is 7.83. The molecule has 0 aliphatic carbocycles. The average molecular weight is 257 g/mol. The Hall–Kier alpha value is -2.10. The molecule has 0 radical (unpaired) electrons.